The van der Waals surface area contributed by atoms with Gasteiger partial charge in [-0.1, -0.05) is 33.6 Å². The molecule has 6 heteroatoms. The van der Waals surface area contributed by atoms with E-state index in [0.717, 1.165) is 19.3 Å². The monoisotopic (exact) mass is 316 g/mol. The summed E-state index contributed by atoms with van der Waals surface area (Å²) in [6.07, 6.45) is 2.85. The molecule has 0 aromatic heterocycles. The predicted octanol–water partition coefficient (Wildman–Crippen LogP) is 1.83. The van der Waals surface area contributed by atoms with E-state index in [-0.39, 0.29) is 17.9 Å². The van der Waals surface area contributed by atoms with Gasteiger partial charge in [-0.05, 0) is 18.8 Å². The summed E-state index contributed by atoms with van der Waals surface area (Å²) >= 11 is 0. The molecule has 2 N–H and O–H groups in total. The number of hydrogen-bond acceptors (Lipinski definition) is 4. The van der Waals surface area contributed by atoms with Crippen LogP contribution in [0.15, 0.2) is 0 Å². The molecular weight excluding hydrogens is 284 g/mol. The Hall–Kier alpha value is -1.14. The maximum Gasteiger partial charge on any atom is 0.242 e. The van der Waals surface area contributed by atoms with E-state index in [9.17, 15) is 9.59 Å². The molecule has 0 aromatic carbocycles. The second-order valence-corrected chi connectivity index (χ2v) is 5.98. The average Bonchev–Trinajstić information content (AvgIpc) is 2.43. The molecule has 6 nitrogen and oxygen atoms in total. The third-order valence-electron chi connectivity index (χ3n) is 3.39. The van der Waals surface area contributed by atoms with E-state index in [4.69, 9.17) is 9.47 Å². The standard InChI is InChI=1S/C16H32N2O4/c1-7-8-9-13(16(21-5)22-6)18-15(20)14(10-11(2)3)17-12(4)19/h11,13-14,16H,7-10H2,1-6H3,(H,17,19)(H,18,20)/t13?,14-/m0/s1. The number of rotatable bonds is 11. The summed E-state index contributed by atoms with van der Waals surface area (Å²) in [6.45, 7) is 7.54. The van der Waals surface area contributed by atoms with Crippen molar-refractivity contribution in [2.24, 2.45) is 5.92 Å². The van der Waals surface area contributed by atoms with Gasteiger partial charge in [0.25, 0.3) is 0 Å². The molecule has 0 rings (SSSR count). The lowest BCUT2D eigenvalue weighted by Gasteiger charge is -2.28. The zero-order valence-electron chi connectivity index (χ0n) is 14.8. The van der Waals surface area contributed by atoms with Crippen LogP contribution in [-0.2, 0) is 19.1 Å². The molecule has 0 radical (unpaired) electrons. The molecule has 1 unspecified atom stereocenters. The first-order valence-electron chi connectivity index (χ1n) is 7.98. The van der Waals surface area contributed by atoms with Gasteiger partial charge in [0.2, 0.25) is 11.8 Å². The molecule has 22 heavy (non-hydrogen) atoms. The largest absolute Gasteiger partial charge is 0.354 e. The van der Waals surface area contributed by atoms with Crippen molar-refractivity contribution >= 4 is 11.8 Å². The summed E-state index contributed by atoms with van der Waals surface area (Å²) in [4.78, 5) is 23.8. The quantitative estimate of drug-likeness (QED) is 0.570. The van der Waals surface area contributed by atoms with Gasteiger partial charge in [0, 0.05) is 21.1 Å². The smallest absolute Gasteiger partial charge is 0.242 e. The van der Waals surface area contributed by atoms with Gasteiger partial charge in [0.05, 0.1) is 6.04 Å². The van der Waals surface area contributed by atoms with Crippen LogP contribution in [0.5, 0.6) is 0 Å². The molecule has 2 amide bonds. The minimum Gasteiger partial charge on any atom is -0.354 e. The van der Waals surface area contributed by atoms with E-state index in [1.807, 2.05) is 13.8 Å². The maximum absolute atomic E-state index is 12.5. The molecule has 0 saturated carbocycles. The van der Waals surface area contributed by atoms with Gasteiger partial charge in [-0.2, -0.15) is 0 Å². The summed E-state index contributed by atoms with van der Waals surface area (Å²) < 4.78 is 10.6. The molecule has 0 aliphatic rings. The van der Waals surface area contributed by atoms with Crippen molar-refractivity contribution in [2.45, 2.75) is 71.8 Å². The summed E-state index contributed by atoms with van der Waals surface area (Å²) in [6, 6.07) is -0.762. The Morgan fingerprint density at radius 3 is 2.09 bits per heavy atom. The highest BCUT2D eigenvalue weighted by molar-refractivity contribution is 5.87. The SMILES string of the molecule is CCCCC(NC(=O)[C@H](CC(C)C)NC(C)=O)C(OC)OC. The Labute approximate surface area is 134 Å². The molecule has 2 atom stereocenters. The fourth-order valence-corrected chi connectivity index (χ4v) is 2.36. The highest BCUT2D eigenvalue weighted by atomic mass is 16.7. The van der Waals surface area contributed by atoms with E-state index in [0.29, 0.717) is 12.3 Å². The minimum atomic E-state index is -0.531. The summed E-state index contributed by atoms with van der Waals surface area (Å²) in [5.41, 5.74) is 0. The zero-order valence-corrected chi connectivity index (χ0v) is 14.8. The van der Waals surface area contributed by atoms with Gasteiger partial charge in [-0.25, -0.2) is 0 Å². The van der Waals surface area contributed by atoms with Crippen LogP contribution in [0.25, 0.3) is 0 Å². The van der Waals surface area contributed by atoms with Crippen molar-refractivity contribution in [1.82, 2.24) is 10.6 Å². The third-order valence-corrected chi connectivity index (χ3v) is 3.39. The fourth-order valence-electron chi connectivity index (χ4n) is 2.36. The first-order valence-corrected chi connectivity index (χ1v) is 7.98. The highest BCUT2D eigenvalue weighted by Crippen LogP contribution is 2.11. The number of unbranched alkanes of at least 4 members (excludes halogenated alkanes) is 1. The minimum absolute atomic E-state index is 0.191. The number of carbonyl (C=O) groups is 2. The van der Waals surface area contributed by atoms with Crippen LogP contribution in [0.4, 0.5) is 0 Å². The molecule has 0 bridgehead atoms. The second-order valence-electron chi connectivity index (χ2n) is 5.98. The van der Waals surface area contributed by atoms with E-state index in [1.54, 1.807) is 14.2 Å². The van der Waals surface area contributed by atoms with Gasteiger partial charge in [0.15, 0.2) is 6.29 Å². The number of carbonyl (C=O) groups excluding carboxylic acids is 2. The lowest BCUT2D eigenvalue weighted by atomic mass is 10.0. The normalized spacial score (nSPS) is 14.0. The van der Waals surface area contributed by atoms with Crippen LogP contribution >= 0.6 is 0 Å². The molecule has 0 aliphatic heterocycles. The first-order chi connectivity index (χ1) is 10.3. The van der Waals surface area contributed by atoms with Crippen molar-refractivity contribution in [1.29, 1.82) is 0 Å². The van der Waals surface area contributed by atoms with Gasteiger partial charge in [-0.15, -0.1) is 0 Å². The van der Waals surface area contributed by atoms with Crippen molar-refractivity contribution in [2.75, 3.05) is 14.2 Å². The molecule has 0 heterocycles. The Morgan fingerprint density at radius 2 is 1.68 bits per heavy atom. The number of methoxy groups -OCH3 is 2. The molecule has 0 saturated heterocycles. The predicted molar refractivity (Wildman–Crippen MR) is 86.3 cm³/mol. The number of hydrogen-bond donors (Lipinski definition) is 2. The molecule has 130 valence electrons. The Balaban J connectivity index is 4.87. The number of nitrogens with one attached hydrogen (secondary N) is 2. The molecule has 0 fully saturated rings. The van der Waals surface area contributed by atoms with Crippen LogP contribution < -0.4 is 10.6 Å². The number of amides is 2. The molecule has 0 aliphatic carbocycles. The van der Waals surface area contributed by atoms with Crippen LogP contribution in [0, 0.1) is 5.92 Å². The summed E-state index contributed by atoms with van der Waals surface area (Å²) in [7, 11) is 3.11. The van der Waals surface area contributed by atoms with Gasteiger partial charge >= 0.3 is 0 Å². The van der Waals surface area contributed by atoms with Crippen molar-refractivity contribution in [3.63, 3.8) is 0 Å². The molecular formula is C16H32N2O4. The van der Waals surface area contributed by atoms with E-state index in [2.05, 4.69) is 17.6 Å². The van der Waals surface area contributed by atoms with Crippen LogP contribution in [0.3, 0.4) is 0 Å². The molecule has 0 aromatic rings. The van der Waals surface area contributed by atoms with Crippen LogP contribution in [-0.4, -0.2) is 44.4 Å². The molecule has 0 spiro atoms. The third kappa shape index (κ3) is 8.34. The second kappa shape index (κ2) is 11.4. The van der Waals surface area contributed by atoms with Gasteiger partial charge < -0.3 is 20.1 Å². The van der Waals surface area contributed by atoms with E-state index >= 15 is 0 Å². The number of ether oxygens (including phenoxy) is 2. The van der Waals surface area contributed by atoms with E-state index in [1.165, 1.54) is 6.92 Å². The van der Waals surface area contributed by atoms with Crippen molar-refractivity contribution < 1.29 is 19.1 Å². The highest BCUT2D eigenvalue weighted by Gasteiger charge is 2.27. The van der Waals surface area contributed by atoms with Crippen LogP contribution in [0.1, 0.15) is 53.4 Å². The first kappa shape index (κ1) is 20.9. The topological polar surface area (TPSA) is 76.7 Å². The van der Waals surface area contributed by atoms with Gasteiger partial charge in [-0.3, -0.25) is 9.59 Å². The summed E-state index contributed by atoms with van der Waals surface area (Å²) in [5.74, 6) is -0.0950. The fraction of sp³-hybridized carbons (Fsp3) is 0.875. The summed E-state index contributed by atoms with van der Waals surface area (Å²) in [5, 5.41) is 5.68. The Kier molecular flexibility index (Phi) is 10.8. The lowest BCUT2D eigenvalue weighted by molar-refractivity contribution is -0.141. The van der Waals surface area contributed by atoms with Crippen LogP contribution in [0.2, 0.25) is 0 Å². The van der Waals surface area contributed by atoms with E-state index < -0.39 is 12.3 Å². The van der Waals surface area contributed by atoms with Crippen molar-refractivity contribution in [3.05, 3.63) is 0 Å². The Morgan fingerprint density at radius 1 is 1.09 bits per heavy atom. The van der Waals surface area contributed by atoms with Crippen molar-refractivity contribution in [3.8, 4) is 0 Å². The maximum atomic E-state index is 12.5. The lowest BCUT2D eigenvalue weighted by Crippen LogP contribution is -2.53. The average molecular weight is 316 g/mol. The van der Waals surface area contributed by atoms with Gasteiger partial charge in [0.1, 0.15) is 6.04 Å². The Bertz CT molecular complexity index is 330. The zero-order chi connectivity index (χ0) is 17.1.